The summed E-state index contributed by atoms with van der Waals surface area (Å²) in [6.45, 7) is 0. The van der Waals surface area contributed by atoms with E-state index in [1.54, 1.807) is 36.4 Å². The molecule has 0 bridgehead atoms. The van der Waals surface area contributed by atoms with Crippen LogP contribution in [0, 0.1) is 0 Å². The standard InChI is InChI=1S/C14H12BrClN2O2/c1-20-13-3-2-11(7-12(13)16)18-14(19)8-4-9(15)6-10(17)5-8/h2-7H,17H2,1H3,(H,18,19). The molecule has 0 aromatic heterocycles. The van der Waals surface area contributed by atoms with Crippen LogP contribution >= 0.6 is 27.5 Å². The Morgan fingerprint density at radius 3 is 2.65 bits per heavy atom. The van der Waals surface area contributed by atoms with Gasteiger partial charge in [-0.2, -0.15) is 0 Å². The zero-order chi connectivity index (χ0) is 14.7. The third-order valence-corrected chi connectivity index (χ3v) is 3.35. The van der Waals surface area contributed by atoms with Crippen LogP contribution in [0.3, 0.4) is 0 Å². The molecule has 0 fully saturated rings. The fourth-order valence-corrected chi connectivity index (χ4v) is 2.46. The van der Waals surface area contributed by atoms with E-state index in [1.807, 2.05) is 0 Å². The van der Waals surface area contributed by atoms with Crippen molar-refractivity contribution in [3.05, 3.63) is 51.5 Å². The highest BCUT2D eigenvalue weighted by atomic mass is 79.9. The lowest BCUT2D eigenvalue weighted by Gasteiger charge is -2.09. The second-order valence-electron chi connectivity index (χ2n) is 4.08. The number of halogens is 2. The largest absolute Gasteiger partial charge is 0.495 e. The van der Waals surface area contributed by atoms with Crippen molar-refractivity contribution in [1.82, 2.24) is 0 Å². The molecule has 4 nitrogen and oxygen atoms in total. The molecular formula is C14H12BrClN2O2. The van der Waals surface area contributed by atoms with E-state index in [9.17, 15) is 4.79 Å². The molecule has 1 amide bonds. The average Bonchev–Trinajstić information content (AvgIpc) is 2.37. The van der Waals surface area contributed by atoms with Crippen LogP contribution in [0.25, 0.3) is 0 Å². The number of rotatable bonds is 3. The van der Waals surface area contributed by atoms with Crippen molar-refractivity contribution < 1.29 is 9.53 Å². The fraction of sp³-hybridized carbons (Fsp3) is 0.0714. The summed E-state index contributed by atoms with van der Waals surface area (Å²) in [7, 11) is 1.53. The monoisotopic (exact) mass is 354 g/mol. The molecule has 0 aliphatic heterocycles. The molecule has 0 saturated heterocycles. The zero-order valence-electron chi connectivity index (χ0n) is 10.6. The van der Waals surface area contributed by atoms with Gasteiger partial charge in [-0.25, -0.2) is 0 Å². The molecule has 0 aliphatic rings. The summed E-state index contributed by atoms with van der Waals surface area (Å²) in [5.74, 6) is 0.288. The summed E-state index contributed by atoms with van der Waals surface area (Å²) in [5, 5.41) is 3.18. The van der Waals surface area contributed by atoms with Gasteiger partial charge in [-0.15, -0.1) is 0 Å². The van der Waals surface area contributed by atoms with Crippen LogP contribution in [0.4, 0.5) is 11.4 Å². The van der Waals surface area contributed by atoms with Gasteiger partial charge < -0.3 is 15.8 Å². The third-order valence-electron chi connectivity index (χ3n) is 2.59. The summed E-state index contributed by atoms with van der Waals surface area (Å²) in [4.78, 5) is 12.1. The SMILES string of the molecule is COc1ccc(NC(=O)c2cc(N)cc(Br)c2)cc1Cl. The maximum Gasteiger partial charge on any atom is 0.255 e. The number of nitrogens with one attached hydrogen (secondary N) is 1. The molecule has 6 heteroatoms. The minimum Gasteiger partial charge on any atom is -0.495 e. The summed E-state index contributed by atoms with van der Waals surface area (Å²) < 4.78 is 5.80. The molecule has 0 radical (unpaired) electrons. The first-order chi connectivity index (χ1) is 9.49. The molecule has 2 aromatic carbocycles. The smallest absolute Gasteiger partial charge is 0.255 e. The van der Waals surface area contributed by atoms with E-state index in [0.29, 0.717) is 27.7 Å². The second kappa shape index (κ2) is 6.15. The van der Waals surface area contributed by atoms with E-state index < -0.39 is 0 Å². The highest BCUT2D eigenvalue weighted by molar-refractivity contribution is 9.10. The molecule has 0 unspecified atom stereocenters. The van der Waals surface area contributed by atoms with Gasteiger partial charge in [0.2, 0.25) is 0 Å². The number of carbonyl (C=O) groups is 1. The Labute approximate surface area is 130 Å². The van der Waals surface area contributed by atoms with Gasteiger partial charge in [-0.05, 0) is 36.4 Å². The predicted octanol–water partition coefficient (Wildman–Crippen LogP) is 3.95. The second-order valence-corrected chi connectivity index (χ2v) is 5.40. The van der Waals surface area contributed by atoms with Gasteiger partial charge in [0.15, 0.2) is 0 Å². The Bertz CT molecular complexity index is 641. The molecule has 2 aromatic rings. The van der Waals surface area contributed by atoms with Crippen LogP contribution < -0.4 is 15.8 Å². The van der Waals surface area contributed by atoms with Crippen LogP contribution in [0.5, 0.6) is 5.75 Å². The topological polar surface area (TPSA) is 64.3 Å². The number of anilines is 2. The first-order valence-electron chi connectivity index (χ1n) is 5.70. The molecule has 0 spiro atoms. The summed E-state index contributed by atoms with van der Waals surface area (Å²) in [5.41, 5.74) is 7.26. The van der Waals surface area contributed by atoms with Gasteiger partial charge in [-0.1, -0.05) is 27.5 Å². The average molecular weight is 356 g/mol. The number of hydrogen-bond acceptors (Lipinski definition) is 3. The Kier molecular flexibility index (Phi) is 4.52. The first-order valence-corrected chi connectivity index (χ1v) is 6.87. The Balaban J connectivity index is 2.21. The van der Waals surface area contributed by atoms with E-state index in [-0.39, 0.29) is 5.91 Å². The van der Waals surface area contributed by atoms with Gasteiger partial charge in [-0.3, -0.25) is 4.79 Å². The molecule has 20 heavy (non-hydrogen) atoms. The number of methoxy groups -OCH3 is 1. The Morgan fingerprint density at radius 2 is 2.05 bits per heavy atom. The van der Waals surface area contributed by atoms with Gasteiger partial charge in [0, 0.05) is 21.4 Å². The highest BCUT2D eigenvalue weighted by Gasteiger charge is 2.09. The minimum absolute atomic E-state index is 0.265. The van der Waals surface area contributed by atoms with E-state index in [4.69, 9.17) is 22.1 Å². The van der Waals surface area contributed by atoms with Crippen LogP contribution in [0.1, 0.15) is 10.4 Å². The number of amides is 1. The molecule has 2 rings (SSSR count). The molecule has 3 N–H and O–H groups in total. The van der Waals surface area contributed by atoms with Crippen molar-refractivity contribution in [2.45, 2.75) is 0 Å². The van der Waals surface area contributed by atoms with E-state index >= 15 is 0 Å². The fourth-order valence-electron chi connectivity index (χ4n) is 1.69. The van der Waals surface area contributed by atoms with E-state index in [2.05, 4.69) is 21.2 Å². The van der Waals surface area contributed by atoms with Crippen molar-refractivity contribution in [3.8, 4) is 5.75 Å². The van der Waals surface area contributed by atoms with E-state index in [1.165, 1.54) is 7.11 Å². The number of ether oxygens (including phenoxy) is 1. The van der Waals surface area contributed by atoms with Crippen molar-refractivity contribution >= 4 is 44.8 Å². The van der Waals surface area contributed by atoms with Crippen LogP contribution in [-0.2, 0) is 0 Å². The normalized spacial score (nSPS) is 10.2. The molecular weight excluding hydrogens is 344 g/mol. The molecule has 0 atom stereocenters. The Hall–Kier alpha value is -1.72. The number of nitrogen functional groups attached to an aromatic ring is 1. The van der Waals surface area contributed by atoms with Crippen LogP contribution in [0.15, 0.2) is 40.9 Å². The quantitative estimate of drug-likeness (QED) is 0.820. The number of hydrogen-bond donors (Lipinski definition) is 2. The zero-order valence-corrected chi connectivity index (χ0v) is 13.0. The number of benzene rings is 2. The summed E-state index contributed by atoms with van der Waals surface area (Å²) >= 11 is 9.31. The van der Waals surface area contributed by atoms with Gasteiger partial charge in [0.1, 0.15) is 5.75 Å². The first kappa shape index (κ1) is 14.7. The van der Waals surface area contributed by atoms with Gasteiger partial charge >= 0.3 is 0 Å². The van der Waals surface area contributed by atoms with E-state index in [0.717, 1.165) is 4.47 Å². The van der Waals surface area contributed by atoms with Crippen LogP contribution in [-0.4, -0.2) is 13.0 Å². The lowest BCUT2D eigenvalue weighted by atomic mass is 10.2. The van der Waals surface area contributed by atoms with Crippen molar-refractivity contribution in [3.63, 3.8) is 0 Å². The Morgan fingerprint density at radius 1 is 1.30 bits per heavy atom. The van der Waals surface area contributed by atoms with Crippen molar-refractivity contribution in [2.75, 3.05) is 18.2 Å². The predicted molar refractivity (Wildman–Crippen MR) is 84.5 cm³/mol. The third kappa shape index (κ3) is 3.43. The number of nitrogens with two attached hydrogens (primary N) is 1. The summed E-state index contributed by atoms with van der Waals surface area (Å²) in [6.07, 6.45) is 0. The van der Waals surface area contributed by atoms with Crippen molar-refractivity contribution in [2.24, 2.45) is 0 Å². The maximum absolute atomic E-state index is 12.1. The molecule has 0 aliphatic carbocycles. The summed E-state index contributed by atoms with van der Waals surface area (Å²) in [6, 6.07) is 10.0. The van der Waals surface area contributed by atoms with Gasteiger partial charge in [0.05, 0.1) is 12.1 Å². The van der Waals surface area contributed by atoms with Crippen LogP contribution in [0.2, 0.25) is 5.02 Å². The molecule has 0 heterocycles. The molecule has 104 valence electrons. The maximum atomic E-state index is 12.1. The molecule has 0 saturated carbocycles. The highest BCUT2D eigenvalue weighted by Crippen LogP contribution is 2.27. The lowest BCUT2D eigenvalue weighted by Crippen LogP contribution is -2.12. The lowest BCUT2D eigenvalue weighted by molar-refractivity contribution is 0.102. The minimum atomic E-state index is -0.265. The van der Waals surface area contributed by atoms with Crippen molar-refractivity contribution in [1.29, 1.82) is 0 Å². The number of carbonyl (C=O) groups excluding carboxylic acids is 1. The van der Waals surface area contributed by atoms with Gasteiger partial charge in [0.25, 0.3) is 5.91 Å².